The Labute approximate surface area is 203 Å². The lowest BCUT2D eigenvalue weighted by atomic mass is 10.1. The molecule has 0 bridgehead atoms. The first-order valence-electron chi connectivity index (χ1n) is 11.4. The molecule has 1 aliphatic carbocycles. The zero-order valence-corrected chi connectivity index (χ0v) is 19.9. The second-order valence-corrected chi connectivity index (χ2v) is 8.35. The van der Waals surface area contributed by atoms with Gasteiger partial charge in [-0.15, -0.1) is 0 Å². The number of aromatic nitrogens is 1. The summed E-state index contributed by atoms with van der Waals surface area (Å²) in [7, 11) is 1.54. The van der Waals surface area contributed by atoms with Gasteiger partial charge in [0, 0.05) is 17.7 Å². The third-order valence-electron chi connectivity index (χ3n) is 5.65. The van der Waals surface area contributed by atoms with Crippen LogP contribution in [-0.2, 0) is 20.9 Å². The number of esters is 1. The van der Waals surface area contributed by atoms with E-state index in [0.29, 0.717) is 35.0 Å². The summed E-state index contributed by atoms with van der Waals surface area (Å²) in [5.74, 6) is 0.829. The number of rotatable bonds is 10. The Morgan fingerprint density at radius 3 is 2.57 bits per heavy atom. The van der Waals surface area contributed by atoms with Crippen LogP contribution in [0.1, 0.15) is 47.1 Å². The molecule has 0 saturated heterocycles. The molecule has 3 aromatic rings. The third-order valence-corrected chi connectivity index (χ3v) is 5.65. The predicted molar refractivity (Wildman–Crippen MR) is 129 cm³/mol. The molecule has 1 atom stereocenters. The van der Waals surface area contributed by atoms with Crippen molar-refractivity contribution in [2.45, 2.75) is 45.4 Å². The maximum Gasteiger partial charge on any atom is 0.331 e. The number of nitrogens with zero attached hydrogens (tertiary/aromatic N) is 1. The van der Waals surface area contributed by atoms with Crippen molar-refractivity contribution in [3.8, 4) is 11.5 Å². The fourth-order valence-corrected chi connectivity index (χ4v) is 3.49. The van der Waals surface area contributed by atoms with E-state index in [2.05, 4.69) is 10.5 Å². The van der Waals surface area contributed by atoms with Gasteiger partial charge in [-0.05, 0) is 50.5 Å². The van der Waals surface area contributed by atoms with Crippen molar-refractivity contribution in [2.24, 2.45) is 0 Å². The molecule has 1 aromatic heterocycles. The molecule has 1 unspecified atom stereocenters. The van der Waals surface area contributed by atoms with Crippen molar-refractivity contribution in [3.63, 3.8) is 0 Å². The van der Waals surface area contributed by atoms with E-state index in [1.807, 2.05) is 19.9 Å². The van der Waals surface area contributed by atoms with Gasteiger partial charge in [-0.25, -0.2) is 4.79 Å². The molecular weight excluding hydrogens is 448 g/mol. The summed E-state index contributed by atoms with van der Waals surface area (Å²) in [6, 6.07) is 14.4. The lowest BCUT2D eigenvalue weighted by Gasteiger charge is -2.17. The lowest BCUT2D eigenvalue weighted by Crippen LogP contribution is -2.33. The zero-order chi connectivity index (χ0) is 24.8. The first-order chi connectivity index (χ1) is 16.9. The summed E-state index contributed by atoms with van der Waals surface area (Å²) in [5.41, 5.74) is 2.99. The third kappa shape index (κ3) is 6.29. The summed E-state index contributed by atoms with van der Waals surface area (Å²) >= 11 is 0. The molecule has 8 nitrogen and oxygen atoms in total. The number of benzene rings is 2. The number of hydrogen-bond donors (Lipinski definition) is 1. The van der Waals surface area contributed by atoms with Gasteiger partial charge in [-0.1, -0.05) is 41.6 Å². The summed E-state index contributed by atoms with van der Waals surface area (Å²) in [6.07, 6.45) is 3.77. The SMILES string of the molecule is COc1cc(C=CC(=O)OC(C(=O)NC2CC2)c2ccccc2)ccc1OCc1c(C)noc1C. The Kier molecular flexibility index (Phi) is 7.50. The van der Waals surface area contributed by atoms with E-state index in [1.54, 1.807) is 55.7 Å². The summed E-state index contributed by atoms with van der Waals surface area (Å²) in [6.45, 7) is 3.99. The van der Waals surface area contributed by atoms with Crippen LogP contribution in [0.5, 0.6) is 11.5 Å². The van der Waals surface area contributed by atoms with E-state index in [4.69, 9.17) is 18.7 Å². The summed E-state index contributed by atoms with van der Waals surface area (Å²) < 4.78 is 22.0. The van der Waals surface area contributed by atoms with Crippen molar-refractivity contribution in [1.29, 1.82) is 0 Å². The van der Waals surface area contributed by atoms with Gasteiger partial charge in [0.1, 0.15) is 12.4 Å². The number of carbonyl (C=O) groups is 2. The van der Waals surface area contributed by atoms with Crippen LogP contribution in [-0.4, -0.2) is 30.2 Å². The average Bonchev–Trinajstić information content (AvgIpc) is 3.63. The van der Waals surface area contributed by atoms with Crippen molar-refractivity contribution in [1.82, 2.24) is 10.5 Å². The second-order valence-electron chi connectivity index (χ2n) is 8.35. The predicted octanol–water partition coefficient (Wildman–Crippen LogP) is 4.46. The molecule has 35 heavy (non-hydrogen) atoms. The van der Waals surface area contributed by atoms with Crippen molar-refractivity contribution >= 4 is 18.0 Å². The number of carbonyl (C=O) groups excluding carboxylic acids is 2. The van der Waals surface area contributed by atoms with Crippen molar-refractivity contribution in [3.05, 3.63) is 82.8 Å². The average molecular weight is 477 g/mol. The van der Waals surface area contributed by atoms with Crippen LogP contribution < -0.4 is 14.8 Å². The van der Waals surface area contributed by atoms with E-state index in [0.717, 1.165) is 24.1 Å². The van der Waals surface area contributed by atoms with E-state index in [-0.39, 0.29) is 11.9 Å². The van der Waals surface area contributed by atoms with Crippen LogP contribution in [0.15, 0.2) is 59.1 Å². The standard InChI is InChI=1S/C27H28N2O6/c1-17-22(18(2)35-29-17)16-33-23-13-9-19(15-24(23)32-3)10-14-25(30)34-26(20-7-5-4-6-8-20)27(31)28-21-11-12-21/h4-10,13-15,21,26H,11-12,16H2,1-3H3,(H,28,31). The number of amides is 1. The van der Waals surface area contributed by atoms with E-state index in [1.165, 1.54) is 6.08 Å². The Morgan fingerprint density at radius 1 is 1.14 bits per heavy atom. The number of nitrogens with one attached hydrogen (secondary N) is 1. The van der Waals surface area contributed by atoms with Crippen LogP contribution in [0.25, 0.3) is 6.08 Å². The maximum absolute atomic E-state index is 12.7. The number of methoxy groups -OCH3 is 1. The minimum atomic E-state index is -1.01. The minimum Gasteiger partial charge on any atom is -0.493 e. The molecule has 1 N–H and O–H groups in total. The summed E-state index contributed by atoms with van der Waals surface area (Å²) in [5, 5.41) is 6.83. The molecule has 1 heterocycles. The molecule has 1 aliphatic rings. The molecule has 0 spiro atoms. The van der Waals surface area contributed by atoms with Crippen LogP contribution in [0.4, 0.5) is 0 Å². The highest BCUT2D eigenvalue weighted by Gasteiger charge is 2.30. The van der Waals surface area contributed by atoms with Gasteiger partial charge in [0.05, 0.1) is 18.4 Å². The first-order valence-corrected chi connectivity index (χ1v) is 11.4. The smallest absolute Gasteiger partial charge is 0.331 e. The van der Waals surface area contributed by atoms with Gasteiger partial charge in [0.25, 0.3) is 5.91 Å². The molecule has 8 heteroatoms. The largest absolute Gasteiger partial charge is 0.493 e. The van der Waals surface area contributed by atoms with Crippen molar-refractivity contribution in [2.75, 3.05) is 7.11 Å². The van der Waals surface area contributed by atoms with Crippen LogP contribution >= 0.6 is 0 Å². The topological polar surface area (TPSA) is 99.9 Å². The van der Waals surface area contributed by atoms with Crippen molar-refractivity contribution < 1.29 is 28.3 Å². The highest BCUT2D eigenvalue weighted by molar-refractivity contribution is 5.91. The molecule has 1 amide bonds. The lowest BCUT2D eigenvalue weighted by molar-refractivity contribution is -0.151. The molecular formula is C27H28N2O6. The van der Waals surface area contributed by atoms with Gasteiger partial charge in [-0.3, -0.25) is 4.79 Å². The van der Waals surface area contributed by atoms with Crippen LogP contribution in [0, 0.1) is 13.8 Å². The Morgan fingerprint density at radius 2 is 1.91 bits per heavy atom. The normalized spacial score (nSPS) is 13.9. The number of aryl methyl sites for hydroxylation is 2. The fraction of sp³-hybridized carbons (Fsp3) is 0.296. The second kappa shape index (κ2) is 10.9. The van der Waals surface area contributed by atoms with Gasteiger partial charge >= 0.3 is 5.97 Å². The van der Waals surface area contributed by atoms with Crippen LogP contribution in [0.3, 0.4) is 0 Å². The summed E-state index contributed by atoms with van der Waals surface area (Å²) in [4.78, 5) is 25.2. The van der Waals surface area contributed by atoms with E-state index in [9.17, 15) is 9.59 Å². The Hall–Kier alpha value is -4.07. The molecule has 1 fully saturated rings. The Balaban J connectivity index is 1.42. The quantitative estimate of drug-likeness (QED) is 0.341. The van der Waals surface area contributed by atoms with Gasteiger partial charge < -0.3 is 24.1 Å². The van der Waals surface area contributed by atoms with Gasteiger partial charge in [-0.2, -0.15) is 0 Å². The molecule has 1 saturated carbocycles. The maximum atomic E-state index is 12.7. The van der Waals surface area contributed by atoms with E-state index < -0.39 is 12.1 Å². The van der Waals surface area contributed by atoms with Gasteiger partial charge in [0.2, 0.25) is 6.10 Å². The molecule has 182 valence electrons. The number of ether oxygens (including phenoxy) is 3. The first kappa shape index (κ1) is 24.1. The number of hydrogen-bond acceptors (Lipinski definition) is 7. The molecule has 2 aromatic carbocycles. The van der Waals surface area contributed by atoms with Crippen LogP contribution in [0.2, 0.25) is 0 Å². The van der Waals surface area contributed by atoms with Gasteiger partial charge in [0.15, 0.2) is 11.5 Å². The molecule has 0 aliphatic heterocycles. The Bertz CT molecular complexity index is 1190. The highest BCUT2D eigenvalue weighted by Crippen LogP contribution is 2.30. The monoisotopic (exact) mass is 476 g/mol. The zero-order valence-electron chi connectivity index (χ0n) is 19.9. The fourth-order valence-electron chi connectivity index (χ4n) is 3.49. The molecule has 0 radical (unpaired) electrons. The highest BCUT2D eigenvalue weighted by atomic mass is 16.5. The van der Waals surface area contributed by atoms with E-state index >= 15 is 0 Å². The molecule has 4 rings (SSSR count). The minimum absolute atomic E-state index is 0.161.